The van der Waals surface area contributed by atoms with Crippen LogP contribution in [0.2, 0.25) is 5.02 Å². The van der Waals surface area contributed by atoms with Crippen LogP contribution < -0.4 is 10.6 Å². The Morgan fingerprint density at radius 1 is 1.30 bits per heavy atom. The van der Waals surface area contributed by atoms with Crippen molar-refractivity contribution in [2.24, 2.45) is 0 Å². The van der Waals surface area contributed by atoms with Crippen molar-refractivity contribution in [2.45, 2.75) is 33.1 Å². The van der Waals surface area contributed by atoms with E-state index in [1.54, 1.807) is 25.1 Å². The van der Waals surface area contributed by atoms with E-state index >= 15 is 0 Å². The van der Waals surface area contributed by atoms with Gasteiger partial charge in [-0.15, -0.1) is 11.3 Å². The van der Waals surface area contributed by atoms with Crippen LogP contribution in [-0.2, 0) is 4.79 Å². The first kappa shape index (κ1) is 17.4. The number of thiazole rings is 1. The van der Waals surface area contributed by atoms with Gasteiger partial charge in [0.1, 0.15) is 0 Å². The summed E-state index contributed by atoms with van der Waals surface area (Å²) in [7, 11) is 0. The number of nitrogens with zero attached hydrogens (tertiary/aromatic N) is 1. The molecule has 0 aliphatic heterocycles. The fourth-order valence-electron chi connectivity index (χ4n) is 1.77. The summed E-state index contributed by atoms with van der Waals surface area (Å²) in [5.41, 5.74) is 1.97. The lowest BCUT2D eigenvalue weighted by atomic mass is 10.2. The highest BCUT2D eigenvalue weighted by Gasteiger charge is 2.14. The van der Waals surface area contributed by atoms with Crippen LogP contribution >= 0.6 is 22.9 Å². The van der Waals surface area contributed by atoms with E-state index in [1.807, 2.05) is 19.2 Å². The first-order valence-electron chi connectivity index (χ1n) is 7.27. The number of hydrogen-bond donors (Lipinski definition) is 2. The molecule has 0 bridgehead atoms. The molecule has 0 saturated heterocycles. The Morgan fingerprint density at radius 3 is 2.61 bits per heavy atom. The molecule has 0 aliphatic rings. The summed E-state index contributed by atoms with van der Waals surface area (Å²) in [6, 6.07) is 4.95. The molecule has 5 nitrogen and oxygen atoms in total. The summed E-state index contributed by atoms with van der Waals surface area (Å²) in [5.74, 6) is -0.111. The largest absolute Gasteiger partial charge is 0.325 e. The number of nitrogens with one attached hydrogen (secondary N) is 2. The molecule has 0 radical (unpaired) electrons. The van der Waals surface area contributed by atoms with Crippen LogP contribution in [0.4, 0.5) is 11.4 Å². The van der Waals surface area contributed by atoms with Crippen molar-refractivity contribution in [2.75, 3.05) is 10.6 Å². The lowest BCUT2D eigenvalue weighted by molar-refractivity contribution is -0.115. The molecule has 1 heterocycles. The van der Waals surface area contributed by atoms with Gasteiger partial charge in [0.05, 0.1) is 16.4 Å². The minimum absolute atomic E-state index is 0.118. The number of benzene rings is 1. The van der Waals surface area contributed by atoms with Crippen molar-refractivity contribution in [1.29, 1.82) is 0 Å². The van der Waals surface area contributed by atoms with Crippen LogP contribution in [0.5, 0.6) is 0 Å². The van der Waals surface area contributed by atoms with Crippen LogP contribution in [0.15, 0.2) is 23.6 Å². The molecule has 1 aromatic heterocycles. The Morgan fingerprint density at radius 2 is 2.04 bits per heavy atom. The van der Waals surface area contributed by atoms with E-state index in [1.165, 1.54) is 11.3 Å². The van der Waals surface area contributed by atoms with Gasteiger partial charge in [-0.1, -0.05) is 32.4 Å². The van der Waals surface area contributed by atoms with E-state index < -0.39 is 0 Å². The molecule has 2 rings (SSSR count). The van der Waals surface area contributed by atoms with Crippen LogP contribution in [0.25, 0.3) is 0 Å². The maximum Gasteiger partial charge on any atom is 0.284 e. The first-order valence-corrected chi connectivity index (χ1v) is 8.52. The monoisotopic (exact) mass is 351 g/mol. The standard InChI is InChI=1S/C16H18ClN3O2S/c1-4-14(21)19-12-6-5-10(7-11(12)17)18-15(22)16-20-13(8-23-16)9(2)3/h5-9H,4H2,1-3H3,(H,18,22)(H,19,21). The fourth-order valence-corrected chi connectivity index (χ4v) is 2.87. The third kappa shape index (κ3) is 4.53. The number of amides is 2. The summed E-state index contributed by atoms with van der Waals surface area (Å²) < 4.78 is 0. The molecule has 0 atom stereocenters. The van der Waals surface area contributed by atoms with Gasteiger partial charge in [-0.25, -0.2) is 4.98 Å². The molecule has 2 amide bonds. The van der Waals surface area contributed by atoms with Crippen LogP contribution in [0.1, 0.15) is 48.6 Å². The highest BCUT2D eigenvalue weighted by atomic mass is 35.5. The van der Waals surface area contributed by atoms with Crippen molar-refractivity contribution < 1.29 is 9.59 Å². The zero-order valence-electron chi connectivity index (χ0n) is 13.1. The zero-order valence-corrected chi connectivity index (χ0v) is 14.7. The quantitative estimate of drug-likeness (QED) is 0.831. The lowest BCUT2D eigenvalue weighted by Crippen LogP contribution is -2.13. The summed E-state index contributed by atoms with van der Waals surface area (Å²) in [6.07, 6.45) is 0.372. The van der Waals surface area contributed by atoms with Crippen LogP contribution in [-0.4, -0.2) is 16.8 Å². The van der Waals surface area contributed by atoms with Gasteiger partial charge in [0.15, 0.2) is 5.01 Å². The topological polar surface area (TPSA) is 71.1 Å². The predicted molar refractivity (Wildman–Crippen MR) is 94.5 cm³/mol. The lowest BCUT2D eigenvalue weighted by Gasteiger charge is -2.09. The maximum atomic E-state index is 12.2. The molecule has 7 heteroatoms. The van der Waals surface area contributed by atoms with Gasteiger partial charge in [0, 0.05) is 17.5 Å². The highest BCUT2D eigenvalue weighted by molar-refractivity contribution is 7.11. The number of aromatic nitrogens is 1. The Hall–Kier alpha value is -1.92. The number of carbonyl (C=O) groups is 2. The van der Waals surface area contributed by atoms with Gasteiger partial charge < -0.3 is 10.6 Å². The Balaban J connectivity index is 2.09. The van der Waals surface area contributed by atoms with E-state index in [2.05, 4.69) is 15.6 Å². The molecule has 23 heavy (non-hydrogen) atoms. The Labute approximate surface area is 144 Å². The van der Waals surface area contributed by atoms with Crippen molar-refractivity contribution >= 4 is 46.1 Å². The second-order valence-corrected chi connectivity index (χ2v) is 6.55. The SMILES string of the molecule is CCC(=O)Nc1ccc(NC(=O)c2nc(C(C)C)cs2)cc1Cl. The smallest absolute Gasteiger partial charge is 0.284 e. The molecular weight excluding hydrogens is 334 g/mol. The second-order valence-electron chi connectivity index (χ2n) is 5.28. The molecule has 0 saturated carbocycles. The van der Waals surface area contributed by atoms with Crippen molar-refractivity contribution in [1.82, 2.24) is 4.98 Å². The van der Waals surface area contributed by atoms with Gasteiger partial charge in [0.25, 0.3) is 5.91 Å². The van der Waals surface area contributed by atoms with Crippen molar-refractivity contribution in [3.63, 3.8) is 0 Å². The van der Waals surface area contributed by atoms with Gasteiger partial charge in [-0.2, -0.15) is 0 Å². The summed E-state index contributed by atoms with van der Waals surface area (Å²) >= 11 is 7.44. The van der Waals surface area contributed by atoms with Gasteiger partial charge in [0.2, 0.25) is 5.91 Å². The molecular formula is C16H18ClN3O2S. The normalized spacial score (nSPS) is 10.7. The first-order chi connectivity index (χ1) is 10.9. The number of rotatable bonds is 5. The molecule has 122 valence electrons. The van der Waals surface area contributed by atoms with E-state index in [9.17, 15) is 9.59 Å². The molecule has 0 aliphatic carbocycles. The summed E-state index contributed by atoms with van der Waals surface area (Å²) in [4.78, 5) is 27.9. The van der Waals surface area contributed by atoms with Gasteiger partial charge >= 0.3 is 0 Å². The maximum absolute atomic E-state index is 12.2. The minimum Gasteiger partial charge on any atom is -0.325 e. The molecule has 2 aromatic rings. The van der Waals surface area contributed by atoms with E-state index in [4.69, 9.17) is 11.6 Å². The number of carbonyl (C=O) groups excluding carboxylic acids is 2. The van der Waals surface area contributed by atoms with Crippen LogP contribution in [0, 0.1) is 0 Å². The molecule has 1 aromatic carbocycles. The molecule has 0 spiro atoms. The van der Waals surface area contributed by atoms with Crippen molar-refractivity contribution in [3.8, 4) is 0 Å². The summed E-state index contributed by atoms with van der Waals surface area (Å²) in [6.45, 7) is 5.82. The molecule has 0 unspecified atom stereocenters. The van der Waals surface area contributed by atoms with E-state index in [-0.39, 0.29) is 17.7 Å². The fraction of sp³-hybridized carbons (Fsp3) is 0.312. The average Bonchev–Trinajstić information content (AvgIpc) is 3.00. The van der Waals surface area contributed by atoms with Gasteiger partial charge in [-0.05, 0) is 24.1 Å². The Kier molecular flexibility index (Phi) is 5.74. The number of hydrogen-bond acceptors (Lipinski definition) is 4. The average molecular weight is 352 g/mol. The number of anilines is 2. The Bertz CT molecular complexity index is 728. The number of halogens is 1. The summed E-state index contributed by atoms with van der Waals surface area (Å²) in [5, 5.41) is 8.11. The molecule has 2 N–H and O–H groups in total. The minimum atomic E-state index is -0.275. The predicted octanol–water partition coefficient (Wildman–Crippen LogP) is 4.52. The third-order valence-corrected chi connectivity index (χ3v) is 4.30. The van der Waals surface area contributed by atoms with E-state index in [0.29, 0.717) is 27.8 Å². The highest BCUT2D eigenvalue weighted by Crippen LogP contribution is 2.26. The zero-order chi connectivity index (χ0) is 17.0. The van der Waals surface area contributed by atoms with Gasteiger partial charge in [-0.3, -0.25) is 9.59 Å². The van der Waals surface area contributed by atoms with E-state index in [0.717, 1.165) is 5.69 Å². The van der Waals surface area contributed by atoms with Crippen molar-refractivity contribution in [3.05, 3.63) is 39.3 Å². The second kappa shape index (κ2) is 7.57. The van der Waals surface area contributed by atoms with Crippen LogP contribution in [0.3, 0.4) is 0 Å². The molecule has 0 fully saturated rings. The third-order valence-electron chi connectivity index (χ3n) is 3.13.